The molecule has 1 aliphatic heterocycles. The Morgan fingerprint density at radius 3 is 2.62 bits per heavy atom. The average Bonchev–Trinajstić information content (AvgIpc) is 3.63. The molecule has 3 aromatic rings. The van der Waals surface area contributed by atoms with E-state index in [4.69, 9.17) is 21.1 Å². The van der Waals surface area contributed by atoms with Gasteiger partial charge in [0, 0.05) is 47.8 Å². The molecular weight excluding hydrogens is 564 g/mol. The molecule has 3 atom stereocenters. The first kappa shape index (κ1) is 31.1. The van der Waals surface area contributed by atoms with E-state index in [-0.39, 0.29) is 11.3 Å². The number of rotatable bonds is 13. The molecule has 226 valence electrons. The van der Waals surface area contributed by atoms with E-state index in [1.807, 2.05) is 6.07 Å². The molecule has 0 spiro atoms. The summed E-state index contributed by atoms with van der Waals surface area (Å²) in [6.45, 7) is 9.94. The van der Waals surface area contributed by atoms with Gasteiger partial charge in [0.15, 0.2) is 0 Å². The van der Waals surface area contributed by atoms with Gasteiger partial charge in [0.2, 0.25) is 0 Å². The molecule has 2 aromatic carbocycles. The second-order valence-electron chi connectivity index (χ2n) is 12.0. The zero-order chi connectivity index (χ0) is 29.3. The van der Waals surface area contributed by atoms with E-state index in [9.17, 15) is 4.79 Å². The monoisotopic (exact) mass is 608 g/mol. The maximum Gasteiger partial charge on any atom is 0.348 e. The minimum Gasteiger partial charge on any atom is -0.460 e. The zero-order valence-electron chi connectivity index (χ0n) is 25.1. The molecule has 42 heavy (non-hydrogen) atoms. The summed E-state index contributed by atoms with van der Waals surface area (Å²) in [6.07, 6.45) is 5.50. The van der Waals surface area contributed by atoms with Crippen molar-refractivity contribution in [3.63, 3.8) is 0 Å². The number of hydrogen-bond donors (Lipinski definition) is 0. The lowest BCUT2D eigenvalue weighted by Crippen LogP contribution is -2.38. The lowest BCUT2D eigenvalue weighted by Gasteiger charge is -2.32. The lowest BCUT2D eigenvalue weighted by atomic mass is 9.89. The van der Waals surface area contributed by atoms with Crippen LogP contribution in [0.1, 0.15) is 65.6 Å². The largest absolute Gasteiger partial charge is 0.460 e. The van der Waals surface area contributed by atoms with Crippen LogP contribution in [0, 0.1) is 11.8 Å². The van der Waals surface area contributed by atoms with Gasteiger partial charge >= 0.3 is 5.97 Å². The number of nitrogens with zero attached hydrogens (tertiary/aromatic N) is 2. The predicted octanol–water partition coefficient (Wildman–Crippen LogP) is 8.16. The van der Waals surface area contributed by atoms with Crippen LogP contribution in [0.4, 0.5) is 11.4 Å². The highest BCUT2D eigenvalue weighted by Gasteiger charge is 2.36. The summed E-state index contributed by atoms with van der Waals surface area (Å²) in [5.41, 5.74) is 3.82. The topological polar surface area (TPSA) is 42.0 Å². The van der Waals surface area contributed by atoms with Crippen LogP contribution in [0.2, 0.25) is 0 Å². The number of morpholine rings is 1. The third kappa shape index (κ3) is 8.37. The van der Waals surface area contributed by atoms with Crippen LogP contribution >= 0.6 is 22.9 Å². The molecule has 0 N–H and O–H groups in total. The van der Waals surface area contributed by atoms with E-state index >= 15 is 0 Å². The van der Waals surface area contributed by atoms with Gasteiger partial charge < -0.3 is 14.4 Å². The number of hydrogen-bond acceptors (Lipinski definition) is 6. The van der Waals surface area contributed by atoms with Crippen LogP contribution in [0.5, 0.6) is 0 Å². The maximum absolute atomic E-state index is 12.6. The fourth-order valence-electron chi connectivity index (χ4n) is 6.27. The second kappa shape index (κ2) is 15.4. The van der Waals surface area contributed by atoms with Crippen LogP contribution in [0.3, 0.4) is 0 Å². The molecule has 2 fully saturated rings. The Morgan fingerprint density at radius 1 is 1.05 bits per heavy atom. The van der Waals surface area contributed by atoms with Crippen LogP contribution in [-0.4, -0.2) is 62.2 Å². The Labute approximate surface area is 260 Å². The summed E-state index contributed by atoms with van der Waals surface area (Å²) < 4.78 is 10.9. The quantitative estimate of drug-likeness (QED) is 0.145. The number of thiophene rings is 1. The SMILES string of the molecule is CC(C)c1cccc(N(C[C@H]2C(Cl)CC[C@@H]2CCCc2ccc(C(=O)OCCN3CCOCC3)s2)c2ccccc2)c1. The minimum absolute atomic E-state index is 0.190. The van der Waals surface area contributed by atoms with Gasteiger partial charge in [-0.25, -0.2) is 4.79 Å². The van der Waals surface area contributed by atoms with Gasteiger partial charge in [-0.15, -0.1) is 22.9 Å². The van der Waals surface area contributed by atoms with E-state index in [0.29, 0.717) is 29.2 Å². The lowest BCUT2D eigenvalue weighted by molar-refractivity contribution is 0.0197. The van der Waals surface area contributed by atoms with Crippen LogP contribution < -0.4 is 4.90 Å². The third-order valence-electron chi connectivity index (χ3n) is 8.80. The summed E-state index contributed by atoms with van der Waals surface area (Å²) in [5.74, 6) is 1.30. The van der Waals surface area contributed by atoms with Crippen molar-refractivity contribution in [3.8, 4) is 0 Å². The number of benzene rings is 2. The molecule has 5 nitrogen and oxygen atoms in total. The third-order valence-corrected chi connectivity index (χ3v) is 10.5. The maximum atomic E-state index is 12.6. The van der Waals surface area contributed by atoms with Crippen molar-refractivity contribution < 1.29 is 14.3 Å². The fraction of sp³-hybridized carbons (Fsp3) is 0.514. The normalized spacial score (nSPS) is 21.1. The number of carbonyl (C=O) groups is 1. The van der Waals surface area contributed by atoms with E-state index in [0.717, 1.165) is 65.1 Å². The summed E-state index contributed by atoms with van der Waals surface area (Å²) in [5, 5.41) is 0.190. The predicted molar refractivity (Wildman–Crippen MR) is 175 cm³/mol. The molecule has 1 aliphatic carbocycles. The van der Waals surface area contributed by atoms with Gasteiger partial charge in [0.1, 0.15) is 11.5 Å². The van der Waals surface area contributed by atoms with Gasteiger partial charge in [-0.1, -0.05) is 44.2 Å². The van der Waals surface area contributed by atoms with Crippen LogP contribution in [0.25, 0.3) is 0 Å². The van der Waals surface area contributed by atoms with Crippen LogP contribution in [0.15, 0.2) is 66.7 Å². The molecule has 1 aromatic heterocycles. The molecule has 1 unspecified atom stereocenters. The number of alkyl halides is 1. The first-order valence-electron chi connectivity index (χ1n) is 15.6. The highest BCUT2D eigenvalue weighted by atomic mass is 35.5. The smallest absolute Gasteiger partial charge is 0.348 e. The molecular formula is C35H45ClN2O3S. The van der Waals surface area contributed by atoms with Crippen molar-refractivity contribution in [3.05, 3.63) is 82.0 Å². The van der Waals surface area contributed by atoms with Crippen molar-refractivity contribution in [2.75, 3.05) is 50.9 Å². The second-order valence-corrected chi connectivity index (χ2v) is 13.7. The molecule has 0 radical (unpaired) electrons. The molecule has 2 aliphatic rings. The van der Waals surface area contributed by atoms with Crippen LogP contribution in [-0.2, 0) is 15.9 Å². The highest BCUT2D eigenvalue weighted by molar-refractivity contribution is 7.13. The summed E-state index contributed by atoms with van der Waals surface area (Å²) >= 11 is 8.59. The summed E-state index contributed by atoms with van der Waals surface area (Å²) in [6, 6.07) is 23.7. The molecule has 5 rings (SSSR count). The van der Waals surface area contributed by atoms with Crippen molar-refractivity contribution in [1.29, 1.82) is 0 Å². The number of halogens is 1. The Hall–Kier alpha value is -2.38. The number of ether oxygens (including phenoxy) is 2. The van der Waals surface area contributed by atoms with Crippen molar-refractivity contribution >= 4 is 40.3 Å². The molecule has 0 bridgehead atoms. The van der Waals surface area contributed by atoms with Gasteiger partial charge in [-0.3, -0.25) is 4.90 Å². The van der Waals surface area contributed by atoms with Crippen molar-refractivity contribution in [2.24, 2.45) is 11.8 Å². The zero-order valence-corrected chi connectivity index (χ0v) is 26.6. The van der Waals surface area contributed by atoms with Gasteiger partial charge in [-0.2, -0.15) is 0 Å². The van der Waals surface area contributed by atoms with E-state index < -0.39 is 0 Å². The highest BCUT2D eigenvalue weighted by Crippen LogP contribution is 2.41. The Kier molecular flexibility index (Phi) is 11.4. The molecule has 1 saturated heterocycles. The van der Waals surface area contributed by atoms with E-state index in [1.54, 1.807) is 11.3 Å². The Balaban J connectivity index is 1.15. The number of aryl methyl sites for hydroxylation is 1. The van der Waals surface area contributed by atoms with Gasteiger partial charge in [-0.05, 0) is 91.8 Å². The number of carbonyl (C=O) groups excluding carboxylic acids is 1. The van der Waals surface area contributed by atoms with Gasteiger partial charge in [0.05, 0.1) is 13.2 Å². The fourth-order valence-corrected chi connectivity index (χ4v) is 7.63. The van der Waals surface area contributed by atoms with E-state index in [1.165, 1.54) is 28.2 Å². The number of anilines is 2. The average molecular weight is 609 g/mol. The molecule has 0 amide bonds. The van der Waals surface area contributed by atoms with Crippen molar-refractivity contribution in [2.45, 2.75) is 57.2 Å². The van der Waals surface area contributed by atoms with Gasteiger partial charge in [0.25, 0.3) is 0 Å². The molecule has 7 heteroatoms. The Morgan fingerprint density at radius 2 is 1.83 bits per heavy atom. The minimum atomic E-state index is -0.206. The summed E-state index contributed by atoms with van der Waals surface area (Å²) in [4.78, 5) is 19.3. The first-order chi connectivity index (χ1) is 20.5. The first-order valence-corrected chi connectivity index (χ1v) is 16.9. The summed E-state index contributed by atoms with van der Waals surface area (Å²) in [7, 11) is 0. The van der Waals surface area contributed by atoms with E-state index in [2.05, 4.69) is 84.3 Å². The standard InChI is InChI=1S/C35H45ClN2O3S/c1-26(2)28-9-6-12-30(24-28)38(29-10-4-3-5-11-29)25-32-27(14-16-33(32)36)8-7-13-31-15-17-34(42-31)35(39)41-23-20-37-18-21-40-22-19-37/h3-6,9-12,15,17,24,26-27,32-33H,7-8,13-14,16,18-23,25H2,1-2H3/t27-,32+,33?/m0/s1. The number of esters is 1. The van der Waals surface area contributed by atoms with Crippen molar-refractivity contribution in [1.82, 2.24) is 4.90 Å². The molecule has 1 saturated carbocycles. The molecule has 2 heterocycles. The number of para-hydroxylation sites is 1. The Bertz CT molecular complexity index is 1260.